The van der Waals surface area contributed by atoms with Gasteiger partial charge in [0.05, 0.1) is 4.90 Å². The third kappa shape index (κ3) is 2.80. The summed E-state index contributed by atoms with van der Waals surface area (Å²) in [4.78, 5) is 0.318. The van der Waals surface area contributed by atoms with E-state index in [0.717, 1.165) is 12.0 Å². The fraction of sp³-hybridized carbons (Fsp3) is 0.333. The van der Waals surface area contributed by atoms with Gasteiger partial charge in [0.1, 0.15) is 0 Å². The van der Waals surface area contributed by atoms with Gasteiger partial charge in [0.25, 0.3) is 0 Å². The van der Waals surface area contributed by atoms with Crippen molar-refractivity contribution < 1.29 is 8.42 Å². The molecule has 0 radical (unpaired) electrons. The molecule has 5 heteroatoms. The van der Waals surface area contributed by atoms with Crippen LogP contribution in [0.15, 0.2) is 27.6 Å². The summed E-state index contributed by atoms with van der Waals surface area (Å²) < 4.78 is 23.1. The molecule has 1 aromatic rings. The molecule has 14 heavy (non-hydrogen) atoms. The molecule has 0 aromatic heterocycles. The Bertz CT molecular complexity index is 428. The largest absolute Gasteiger partial charge is 0.330 e. The zero-order chi connectivity index (χ0) is 10.8. The van der Waals surface area contributed by atoms with Crippen LogP contribution >= 0.6 is 15.9 Å². The van der Waals surface area contributed by atoms with Gasteiger partial charge < -0.3 is 5.73 Å². The van der Waals surface area contributed by atoms with Gasteiger partial charge in [-0.15, -0.1) is 0 Å². The van der Waals surface area contributed by atoms with Gasteiger partial charge in [-0.3, -0.25) is 0 Å². The second-order valence-electron chi connectivity index (χ2n) is 3.08. The first-order chi connectivity index (χ1) is 6.45. The van der Waals surface area contributed by atoms with E-state index in [1.54, 1.807) is 18.2 Å². The molecule has 78 valence electrons. The minimum Gasteiger partial charge on any atom is -0.330 e. The second-order valence-corrected chi connectivity index (χ2v) is 5.91. The van der Waals surface area contributed by atoms with Crippen LogP contribution in [0.5, 0.6) is 0 Å². The lowest BCUT2D eigenvalue weighted by Crippen LogP contribution is -2.04. The van der Waals surface area contributed by atoms with E-state index in [0.29, 0.717) is 15.9 Å². The van der Waals surface area contributed by atoms with E-state index in [2.05, 4.69) is 15.9 Å². The molecule has 0 aliphatic rings. The predicted molar refractivity (Wildman–Crippen MR) is 60.0 cm³/mol. The summed E-state index contributed by atoms with van der Waals surface area (Å²) in [5.41, 5.74) is 6.43. The molecule has 1 aromatic carbocycles. The predicted octanol–water partition coefficient (Wildman–Crippen LogP) is 1.35. The quantitative estimate of drug-likeness (QED) is 0.908. The summed E-state index contributed by atoms with van der Waals surface area (Å²) in [6.07, 6.45) is 1.94. The third-order valence-electron chi connectivity index (χ3n) is 1.83. The maximum atomic E-state index is 11.3. The average Bonchev–Trinajstić information content (AvgIpc) is 2.02. The molecule has 0 bridgehead atoms. The van der Waals surface area contributed by atoms with Crippen molar-refractivity contribution in [1.29, 1.82) is 0 Å². The number of rotatable bonds is 3. The van der Waals surface area contributed by atoms with E-state index in [1.165, 1.54) is 6.26 Å². The number of benzene rings is 1. The van der Waals surface area contributed by atoms with Crippen LogP contribution in [0, 0.1) is 0 Å². The first kappa shape index (κ1) is 11.7. The monoisotopic (exact) mass is 277 g/mol. The van der Waals surface area contributed by atoms with Gasteiger partial charge in [0.2, 0.25) is 0 Å². The Morgan fingerprint density at radius 1 is 1.43 bits per heavy atom. The molecule has 0 heterocycles. The molecule has 0 saturated heterocycles. The fourth-order valence-electron chi connectivity index (χ4n) is 1.17. The number of halogens is 1. The van der Waals surface area contributed by atoms with E-state index >= 15 is 0 Å². The highest BCUT2D eigenvalue weighted by Crippen LogP contribution is 2.23. The second kappa shape index (κ2) is 4.42. The minimum absolute atomic E-state index is 0.318. The molecular weight excluding hydrogens is 266 g/mol. The Morgan fingerprint density at radius 2 is 2.07 bits per heavy atom. The summed E-state index contributed by atoms with van der Waals surface area (Å²) in [5, 5.41) is 0. The van der Waals surface area contributed by atoms with Crippen LogP contribution < -0.4 is 5.73 Å². The molecule has 0 unspecified atom stereocenters. The highest BCUT2D eigenvalue weighted by molar-refractivity contribution is 9.10. The number of hydrogen-bond acceptors (Lipinski definition) is 3. The van der Waals surface area contributed by atoms with E-state index in [9.17, 15) is 8.42 Å². The summed E-state index contributed by atoms with van der Waals surface area (Å²) in [6.45, 7) is 0.560. The van der Waals surface area contributed by atoms with Crippen LogP contribution in [-0.4, -0.2) is 21.2 Å². The molecule has 2 N–H and O–H groups in total. The maximum absolute atomic E-state index is 11.3. The van der Waals surface area contributed by atoms with Crippen LogP contribution in [-0.2, 0) is 16.3 Å². The van der Waals surface area contributed by atoms with E-state index < -0.39 is 9.84 Å². The lowest BCUT2D eigenvalue weighted by molar-refractivity contribution is 0.601. The van der Waals surface area contributed by atoms with E-state index in [-0.39, 0.29) is 0 Å². The van der Waals surface area contributed by atoms with Gasteiger partial charge in [-0.05, 0) is 46.6 Å². The highest BCUT2D eigenvalue weighted by atomic mass is 79.9. The molecule has 0 aliphatic heterocycles. The zero-order valence-electron chi connectivity index (χ0n) is 7.83. The molecule has 0 spiro atoms. The van der Waals surface area contributed by atoms with Crippen molar-refractivity contribution in [2.45, 2.75) is 11.3 Å². The zero-order valence-corrected chi connectivity index (χ0v) is 10.2. The van der Waals surface area contributed by atoms with Gasteiger partial charge in [0.15, 0.2) is 9.84 Å². The van der Waals surface area contributed by atoms with Crippen LogP contribution in [0.3, 0.4) is 0 Å². The van der Waals surface area contributed by atoms with Crippen LogP contribution in [0.2, 0.25) is 0 Å². The van der Waals surface area contributed by atoms with Crippen LogP contribution in [0.1, 0.15) is 5.56 Å². The van der Waals surface area contributed by atoms with Crippen LogP contribution in [0.4, 0.5) is 0 Å². The van der Waals surface area contributed by atoms with Crippen molar-refractivity contribution in [2.75, 3.05) is 12.8 Å². The molecule has 3 nitrogen and oxygen atoms in total. The molecule has 1 rings (SSSR count). The molecular formula is C9H12BrNO2S. The standard InChI is InChI=1S/C9H12BrNO2S/c1-14(12,13)9-3-2-7(4-5-11)6-8(9)10/h2-3,6H,4-5,11H2,1H3. The van der Waals surface area contributed by atoms with Gasteiger partial charge >= 0.3 is 0 Å². The molecule has 0 amide bonds. The van der Waals surface area contributed by atoms with Gasteiger partial charge in [-0.1, -0.05) is 6.07 Å². The Morgan fingerprint density at radius 3 is 2.50 bits per heavy atom. The van der Waals surface area contributed by atoms with Gasteiger partial charge in [0, 0.05) is 10.7 Å². The summed E-state index contributed by atoms with van der Waals surface area (Å²) in [7, 11) is -3.14. The summed E-state index contributed by atoms with van der Waals surface area (Å²) in [5.74, 6) is 0. The van der Waals surface area contributed by atoms with Crippen molar-refractivity contribution >= 4 is 25.8 Å². The van der Waals surface area contributed by atoms with Gasteiger partial charge in [-0.2, -0.15) is 0 Å². The number of hydrogen-bond donors (Lipinski definition) is 1. The van der Waals surface area contributed by atoms with Crippen molar-refractivity contribution in [2.24, 2.45) is 5.73 Å². The van der Waals surface area contributed by atoms with Crippen molar-refractivity contribution in [3.05, 3.63) is 28.2 Å². The summed E-state index contributed by atoms with van der Waals surface area (Å²) in [6, 6.07) is 5.18. The average molecular weight is 278 g/mol. The molecule has 0 fully saturated rings. The first-order valence-electron chi connectivity index (χ1n) is 4.13. The fourth-order valence-corrected chi connectivity index (χ4v) is 3.20. The Balaban J connectivity index is 3.15. The molecule has 0 saturated carbocycles. The lowest BCUT2D eigenvalue weighted by Gasteiger charge is -2.04. The van der Waals surface area contributed by atoms with Crippen molar-refractivity contribution in [3.8, 4) is 0 Å². The molecule has 0 aliphatic carbocycles. The van der Waals surface area contributed by atoms with Crippen LogP contribution in [0.25, 0.3) is 0 Å². The minimum atomic E-state index is -3.14. The molecule has 0 atom stereocenters. The smallest absolute Gasteiger partial charge is 0.176 e. The Labute approximate surface area is 92.4 Å². The van der Waals surface area contributed by atoms with E-state index in [4.69, 9.17) is 5.73 Å². The normalized spacial score (nSPS) is 11.6. The third-order valence-corrected chi connectivity index (χ3v) is 3.90. The van der Waals surface area contributed by atoms with Gasteiger partial charge in [-0.25, -0.2) is 8.42 Å². The Hall–Kier alpha value is -0.390. The number of nitrogens with two attached hydrogens (primary N) is 1. The van der Waals surface area contributed by atoms with Crippen molar-refractivity contribution in [1.82, 2.24) is 0 Å². The Kier molecular flexibility index (Phi) is 3.69. The topological polar surface area (TPSA) is 60.2 Å². The highest BCUT2D eigenvalue weighted by Gasteiger charge is 2.11. The first-order valence-corrected chi connectivity index (χ1v) is 6.82. The maximum Gasteiger partial charge on any atom is 0.176 e. The van der Waals surface area contributed by atoms with E-state index in [1.807, 2.05) is 0 Å². The number of sulfone groups is 1. The summed E-state index contributed by atoms with van der Waals surface area (Å²) >= 11 is 3.23. The lowest BCUT2D eigenvalue weighted by atomic mass is 10.2. The SMILES string of the molecule is CS(=O)(=O)c1ccc(CCN)cc1Br. The van der Waals surface area contributed by atoms with Crippen molar-refractivity contribution in [3.63, 3.8) is 0 Å².